The molecule has 7 nitrogen and oxygen atoms in total. The Hall–Kier alpha value is -4.09. The third-order valence-corrected chi connectivity index (χ3v) is 6.52. The Labute approximate surface area is 208 Å². The standard InChI is InChI=1S/C27H25N5O2S/c1-19(26(33)29-23-10-6-9-21(17-23)18-28)35-27-31-30-25(22-11-13-24(34-2)14-12-22)32(27)16-15-20-7-4-3-5-8-20/h3-14,17,19H,15-16H2,1-2H3,(H,29,33). The van der Waals surface area contributed by atoms with Crippen molar-refractivity contribution < 1.29 is 9.53 Å². The van der Waals surface area contributed by atoms with Crippen molar-refractivity contribution in [2.24, 2.45) is 0 Å². The maximum Gasteiger partial charge on any atom is 0.237 e. The highest BCUT2D eigenvalue weighted by molar-refractivity contribution is 8.00. The topological polar surface area (TPSA) is 92.8 Å². The number of ether oxygens (including phenoxy) is 1. The molecule has 0 aliphatic heterocycles. The molecule has 1 N–H and O–H groups in total. The zero-order chi connectivity index (χ0) is 24.6. The number of rotatable bonds is 9. The van der Waals surface area contributed by atoms with E-state index in [9.17, 15) is 4.79 Å². The van der Waals surface area contributed by atoms with Crippen LogP contribution in [-0.2, 0) is 17.8 Å². The number of carbonyl (C=O) groups excluding carboxylic acids is 1. The number of nitriles is 1. The summed E-state index contributed by atoms with van der Waals surface area (Å²) in [6.45, 7) is 2.50. The monoisotopic (exact) mass is 483 g/mol. The number of methoxy groups -OCH3 is 1. The summed E-state index contributed by atoms with van der Waals surface area (Å²) in [6.07, 6.45) is 0.803. The second-order valence-corrected chi connectivity index (χ2v) is 9.17. The molecule has 1 unspecified atom stereocenters. The van der Waals surface area contributed by atoms with Gasteiger partial charge in [-0.05, 0) is 61.4 Å². The summed E-state index contributed by atoms with van der Waals surface area (Å²) in [5, 5.41) is 21.1. The van der Waals surface area contributed by atoms with Crippen LogP contribution in [0.3, 0.4) is 0 Å². The lowest BCUT2D eigenvalue weighted by molar-refractivity contribution is -0.115. The zero-order valence-electron chi connectivity index (χ0n) is 19.5. The van der Waals surface area contributed by atoms with Gasteiger partial charge in [-0.15, -0.1) is 10.2 Å². The third kappa shape index (κ3) is 6.08. The van der Waals surface area contributed by atoms with Gasteiger partial charge in [-0.3, -0.25) is 4.79 Å². The fraction of sp³-hybridized carbons (Fsp3) is 0.185. The van der Waals surface area contributed by atoms with Crippen molar-refractivity contribution in [2.75, 3.05) is 12.4 Å². The number of hydrogen-bond donors (Lipinski definition) is 1. The molecule has 4 aromatic rings. The number of aromatic nitrogens is 3. The SMILES string of the molecule is COc1ccc(-c2nnc(SC(C)C(=O)Nc3cccc(C#N)c3)n2CCc2ccccc2)cc1. The lowest BCUT2D eigenvalue weighted by Gasteiger charge is -2.14. The van der Waals surface area contributed by atoms with E-state index < -0.39 is 5.25 Å². The number of benzene rings is 3. The molecule has 35 heavy (non-hydrogen) atoms. The number of hydrogen-bond acceptors (Lipinski definition) is 6. The molecule has 0 saturated heterocycles. The summed E-state index contributed by atoms with van der Waals surface area (Å²) >= 11 is 1.35. The number of thioether (sulfide) groups is 1. The molecule has 4 rings (SSSR count). The summed E-state index contributed by atoms with van der Waals surface area (Å²) in [5.41, 5.74) is 3.21. The molecule has 3 aromatic carbocycles. The van der Waals surface area contributed by atoms with Crippen LogP contribution in [0.5, 0.6) is 5.75 Å². The average Bonchev–Trinajstić information content (AvgIpc) is 3.30. The Bertz CT molecular complexity index is 1330. The van der Waals surface area contributed by atoms with Gasteiger partial charge in [0.2, 0.25) is 5.91 Å². The van der Waals surface area contributed by atoms with Gasteiger partial charge in [0.15, 0.2) is 11.0 Å². The van der Waals surface area contributed by atoms with E-state index in [4.69, 9.17) is 10.00 Å². The fourth-order valence-electron chi connectivity index (χ4n) is 3.54. The largest absolute Gasteiger partial charge is 0.497 e. The highest BCUT2D eigenvalue weighted by Gasteiger charge is 2.21. The molecular weight excluding hydrogens is 458 g/mol. The number of aryl methyl sites for hydroxylation is 1. The predicted molar refractivity (Wildman–Crippen MR) is 137 cm³/mol. The normalized spacial score (nSPS) is 11.5. The van der Waals surface area contributed by atoms with Gasteiger partial charge in [-0.2, -0.15) is 5.26 Å². The van der Waals surface area contributed by atoms with Crippen LogP contribution in [-0.4, -0.2) is 33.0 Å². The molecule has 0 aliphatic carbocycles. The Balaban J connectivity index is 1.55. The van der Waals surface area contributed by atoms with Gasteiger partial charge in [0.05, 0.1) is 24.0 Å². The maximum absolute atomic E-state index is 12.9. The summed E-state index contributed by atoms with van der Waals surface area (Å²) < 4.78 is 7.33. The summed E-state index contributed by atoms with van der Waals surface area (Å²) in [5.74, 6) is 1.33. The molecule has 176 valence electrons. The average molecular weight is 484 g/mol. The van der Waals surface area contributed by atoms with Crippen molar-refractivity contribution in [3.63, 3.8) is 0 Å². The number of anilines is 1. The molecule has 1 amide bonds. The Morgan fingerprint density at radius 2 is 1.86 bits per heavy atom. The van der Waals surface area contributed by atoms with Gasteiger partial charge in [-0.25, -0.2) is 0 Å². The van der Waals surface area contributed by atoms with Crippen molar-refractivity contribution in [1.29, 1.82) is 5.26 Å². The Morgan fingerprint density at radius 1 is 1.09 bits per heavy atom. The second-order valence-electron chi connectivity index (χ2n) is 7.86. The fourth-order valence-corrected chi connectivity index (χ4v) is 4.41. The van der Waals surface area contributed by atoms with E-state index in [2.05, 4.69) is 38.3 Å². The molecule has 1 aromatic heterocycles. The number of carbonyl (C=O) groups is 1. The van der Waals surface area contributed by atoms with Gasteiger partial charge >= 0.3 is 0 Å². The smallest absolute Gasteiger partial charge is 0.237 e. The van der Waals surface area contributed by atoms with E-state index >= 15 is 0 Å². The number of nitrogens with one attached hydrogen (secondary N) is 1. The lowest BCUT2D eigenvalue weighted by Crippen LogP contribution is -2.23. The van der Waals surface area contributed by atoms with Crippen molar-refractivity contribution in [3.05, 3.63) is 90.0 Å². The van der Waals surface area contributed by atoms with Crippen LogP contribution in [0.4, 0.5) is 5.69 Å². The molecule has 0 fully saturated rings. The van der Waals surface area contributed by atoms with Crippen molar-refractivity contribution in [3.8, 4) is 23.2 Å². The van der Waals surface area contributed by atoms with Crippen molar-refractivity contribution in [1.82, 2.24) is 14.8 Å². The van der Waals surface area contributed by atoms with Gasteiger partial charge < -0.3 is 14.6 Å². The minimum absolute atomic E-state index is 0.173. The van der Waals surface area contributed by atoms with Gasteiger partial charge in [-0.1, -0.05) is 48.2 Å². The Morgan fingerprint density at radius 3 is 2.57 bits per heavy atom. The van der Waals surface area contributed by atoms with Gasteiger partial charge in [0, 0.05) is 17.8 Å². The van der Waals surface area contributed by atoms with Crippen LogP contribution in [0, 0.1) is 11.3 Å². The van der Waals surface area contributed by atoms with Crippen LogP contribution in [0.25, 0.3) is 11.4 Å². The molecule has 0 aliphatic rings. The lowest BCUT2D eigenvalue weighted by atomic mass is 10.1. The van der Waals surface area contributed by atoms with Crippen LogP contribution in [0.1, 0.15) is 18.1 Å². The van der Waals surface area contributed by atoms with Crippen molar-refractivity contribution >= 4 is 23.4 Å². The summed E-state index contributed by atoms with van der Waals surface area (Å²) in [4.78, 5) is 12.9. The van der Waals surface area contributed by atoms with E-state index in [1.807, 2.05) is 49.4 Å². The molecular formula is C27H25N5O2S. The third-order valence-electron chi connectivity index (χ3n) is 5.44. The molecule has 0 radical (unpaired) electrons. The number of amides is 1. The number of nitrogens with zero attached hydrogens (tertiary/aromatic N) is 4. The summed E-state index contributed by atoms with van der Waals surface area (Å²) in [7, 11) is 1.63. The minimum atomic E-state index is -0.427. The van der Waals surface area contributed by atoms with Gasteiger partial charge in [0.25, 0.3) is 0 Å². The molecule has 0 saturated carbocycles. The Kier molecular flexibility index (Phi) is 7.81. The zero-order valence-corrected chi connectivity index (χ0v) is 20.3. The summed E-state index contributed by atoms with van der Waals surface area (Å²) in [6, 6.07) is 26.9. The maximum atomic E-state index is 12.9. The van der Waals surface area contributed by atoms with E-state index in [1.165, 1.54) is 17.3 Å². The van der Waals surface area contributed by atoms with Crippen LogP contribution in [0.15, 0.2) is 84.0 Å². The van der Waals surface area contributed by atoms with E-state index in [0.29, 0.717) is 23.0 Å². The highest BCUT2D eigenvalue weighted by Crippen LogP contribution is 2.29. The van der Waals surface area contributed by atoms with Crippen LogP contribution >= 0.6 is 11.8 Å². The van der Waals surface area contributed by atoms with E-state index in [-0.39, 0.29) is 5.91 Å². The first-order valence-corrected chi connectivity index (χ1v) is 12.0. The van der Waals surface area contributed by atoms with Crippen LogP contribution < -0.4 is 10.1 Å². The first kappa shape index (κ1) is 24.0. The van der Waals surface area contributed by atoms with E-state index in [0.717, 1.165) is 23.6 Å². The predicted octanol–water partition coefficient (Wildman–Crippen LogP) is 5.19. The highest BCUT2D eigenvalue weighted by atomic mass is 32.2. The van der Waals surface area contributed by atoms with Crippen molar-refractivity contribution in [2.45, 2.75) is 30.3 Å². The molecule has 1 heterocycles. The quantitative estimate of drug-likeness (QED) is 0.330. The molecule has 0 bridgehead atoms. The second kappa shape index (κ2) is 11.4. The molecule has 8 heteroatoms. The first-order chi connectivity index (χ1) is 17.1. The first-order valence-electron chi connectivity index (χ1n) is 11.2. The van der Waals surface area contributed by atoms with Gasteiger partial charge in [0.1, 0.15) is 5.75 Å². The molecule has 1 atom stereocenters. The minimum Gasteiger partial charge on any atom is -0.497 e. The van der Waals surface area contributed by atoms with E-state index in [1.54, 1.807) is 31.4 Å². The molecule has 0 spiro atoms. The van der Waals surface area contributed by atoms with Crippen LogP contribution in [0.2, 0.25) is 0 Å².